The lowest BCUT2D eigenvalue weighted by Crippen LogP contribution is -2.46. The highest BCUT2D eigenvalue weighted by Crippen LogP contribution is 2.30. The average molecular weight is 283 g/mol. The van der Waals surface area contributed by atoms with Crippen LogP contribution in [0.3, 0.4) is 0 Å². The second-order valence-corrected chi connectivity index (χ2v) is 5.76. The van der Waals surface area contributed by atoms with Gasteiger partial charge in [0.05, 0.1) is 11.8 Å². The van der Waals surface area contributed by atoms with Gasteiger partial charge in [0.2, 0.25) is 5.91 Å². The zero-order chi connectivity index (χ0) is 13.7. The molecule has 0 aromatic carbocycles. The molecule has 1 fully saturated rings. The molecule has 5 nitrogen and oxygen atoms in total. The van der Waals surface area contributed by atoms with Gasteiger partial charge in [0.15, 0.2) is 0 Å². The number of hydrogen-bond acceptors (Lipinski definition) is 4. The number of ether oxygens (including phenoxy) is 1. The van der Waals surface area contributed by atoms with Gasteiger partial charge >= 0.3 is 5.97 Å². The summed E-state index contributed by atoms with van der Waals surface area (Å²) in [5.74, 6) is -0.984. The van der Waals surface area contributed by atoms with Crippen LogP contribution in [-0.2, 0) is 20.7 Å². The standard InChI is InChI=1S/C13H17NO4S/c15-11(8-10-2-1-7-19-10)14-9-13(12(16)17)3-5-18-6-4-13/h1-2,7H,3-6,8-9H2,(H,14,15)(H,16,17). The van der Waals surface area contributed by atoms with E-state index in [9.17, 15) is 14.7 Å². The van der Waals surface area contributed by atoms with E-state index in [1.807, 2.05) is 17.5 Å². The second kappa shape index (κ2) is 6.16. The van der Waals surface area contributed by atoms with Gasteiger partial charge in [-0.15, -0.1) is 11.3 Å². The van der Waals surface area contributed by atoms with E-state index >= 15 is 0 Å². The van der Waals surface area contributed by atoms with Crippen LogP contribution in [0.4, 0.5) is 0 Å². The smallest absolute Gasteiger partial charge is 0.311 e. The van der Waals surface area contributed by atoms with Crippen molar-refractivity contribution in [3.63, 3.8) is 0 Å². The number of carbonyl (C=O) groups is 2. The Morgan fingerprint density at radius 3 is 2.74 bits per heavy atom. The summed E-state index contributed by atoms with van der Waals surface area (Å²) in [4.78, 5) is 24.2. The average Bonchev–Trinajstić information content (AvgIpc) is 2.90. The molecule has 19 heavy (non-hydrogen) atoms. The van der Waals surface area contributed by atoms with Crippen molar-refractivity contribution in [2.75, 3.05) is 19.8 Å². The molecular weight excluding hydrogens is 266 g/mol. The maximum Gasteiger partial charge on any atom is 0.311 e. The van der Waals surface area contributed by atoms with Gasteiger partial charge in [0.1, 0.15) is 0 Å². The van der Waals surface area contributed by atoms with Gasteiger partial charge in [-0.05, 0) is 24.3 Å². The van der Waals surface area contributed by atoms with Crippen LogP contribution in [0, 0.1) is 5.41 Å². The maximum atomic E-state index is 11.8. The number of aliphatic carboxylic acids is 1. The van der Waals surface area contributed by atoms with Crippen LogP contribution in [0.2, 0.25) is 0 Å². The Morgan fingerprint density at radius 2 is 2.16 bits per heavy atom. The van der Waals surface area contributed by atoms with Crippen molar-refractivity contribution in [1.82, 2.24) is 5.32 Å². The van der Waals surface area contributed by atoms with Crippen LogP contribution in [0.15, 0.2) is 17.5 Å². The SMILES string of the molecule is O=C(Cc1cccs1)NCC1(C(=O)O)CCOCC1. The minimum Gasteiger partial charge on any atom is -0.481 e. The van der Waals surface area contributed by atoms with Crippen molar-refractivity contribution >= 4 is 23.2 Å². The van der Waals surface area contributed by atoms with E-state index in [2.05, 4.69) is 5.32 Å². The first-order valence-corrected chi connectivity index (χ1v) is 7.11. The van der Waals surface area contributed by atoms with Crippen molar-refractivity contribution in [2.24, 2.45) is 5.41 Å². The maximum absolute atomic E-state index is 11.8. The summed E-state index contributed by atoms with van der Waals surface area (Å²) in [5.41, 5.74) is -0.872. The third kappa shape index (κ3) is 3.54. The topological polar surface area (TPSA) is 75.6 Å². The van der Waals surface area contributed by atoms with Crippen LogP contribution < -0.4 is 5.32 Å². The molecule has 6 heteroatoms. The van der Waals surface area contributed by atoms with E-state index in [0.717, 1.165) is 4.88 Å². The first-order chi connectivity index (χ1) is 9.12. The number of rotatable bonds is 5. The quantitative estimate of drug-likeness (QED) is 0.853. The van der Waals surface area contributed by atoms with Crippen LogP contribution >= 0.6 is 11.3 Å². The van der Waals surface area contributed by atoms with Gasteiger partial charge in [0, 0.05) is 24.6 Å². The normalized spacial score (nSPS) is 17.9. The lowest BCUT2D eigenvalue weighted by molar-refractivity contribution is -0.154. The Bertz CT molecular complexity index is 438. The zero-order valence-corrected chi connectivity index (χ0v) is 11.4. The molecule has 0 bridgehead atoms. The molecule has 2 rings (SSSR count). The molecule has 0 radical (unpaired) electrons. The van der Waals surface area contributed by atoms with Crippen molar-refractivity contribution in [3.05, 3.63) is 22.4 Å². The van der Waals surface area contributed by atoms with E-state index in [0.29, 0.717) is 32.5 Å². The van der Waals surface area contributed by atoms with Crippen LogP contribution in [0.25, 0.3) is 0 Å². The number of nitrogens with one attached hydrogen (secondary N) is 1. The molecule has 0 unspecified atom stereocenters. The monoisotopic (exact) mass is 283 g/mol. The third-order valence-corrected chi connectivity index (χ3v) is 4.32. The number of carboxylic acids is 1. The molecule has 0 spiro atoms. The highest BCUT2D eigenvalue weighted by molar-refractivity contribution is 7.10. The highest BCUT2D eigenvalue weighted by atomic mass is 32.1. The first kappa shape index (κ1) is 14.0. The Balaban J connectivity index is 1.88. The Hall–Kier alpha value is -1.40. The first-order valence-electron chi connectivity index (χ1n) is 6.23. The second-order valence-electron chi connectivity index (χ2n) is 4.73. The Kier molecular flexibility index (Phi) is 4.55. The number of carboxylic acid groups (broad SMARTS) is 1. The highest BCUT2D eigenvalue weighted by Gasteiger charge is 2.40. The molecular formula is C13H17NO4S. The van der Waals surface area contributed by atoms with Crippen LogP contribution in [-0.4, -0.2) is 36.7 Å². The summed E-state index contributed by atoms with van der Waals surface area (Å²) in [6.45, 7) is 1.05. The van der Waals surface area contributed by atoms with Crippen molar-refractivity contribution in [3.8, 4) is 0 Å². The molecule has 1 aliphatic rings. The fourth-order valence-electron chi connectivity index (χ4n) is 2.13. The number of amides is 1. The van der Waals surface area contributed by atoms with Crippen LogP contribution in [0.1, 0.15) is 17.7 Å². The van der Waals surface area contributed by atoms with E-state index in [1.54, 1.807) is 0 Å². The number of hydrogen-bond donors (Lipinski definition) is 2. The summed E-state index contributed by atoms with van der Waals surface area (Å²) in [6.07, 6.45) is 1.20. The van der Waals surface area contributed by atoms with E-state index in [-0.39, 0.29) is 12.5 Å². The third-order valence-electron chi connectivity index (χ3n) is 3.44. The van der Waals surface area contributed by atoms with Gasteiger partial charge in [-0.25, -0.2) is 0 Å². The molecule has 1 aliphatic heterocycles. The molecule has 2 N–H and O–H groups in total. The fourth-order valence-corrected chi connectivity index (χ4v) is 2.83. The van der Waals surface area contributed by atoms with Crippen LogP contribution in [0.5, 0.6) is 0 Å². The van der Waals surface area contributed by atoms with Gasteiger partial charge in [0.25, 0.3) is 0 Å². The summed E-state index contributed by atoms with van der Waals surface area (Å²) in [5, 5.41) is 14.0. The van der Waals surface area contributed by atoms with Gasteiger partial charge in [-0.1, -0.05) is 6.07 Å². The van der Waals surface area contributed by atoms with Gasteiger partial charge < -0.3 is 15.2 Å². The molecule has 0 saturated carbocycles. The number of carbonyl (C=O) groups excluding carboxylic acids is 1. The minimum atomic E-state index is -0.872. The molecule has 1 saturated heterocycles. The summed E-state index contributed by atoms with van der Waals surface area (Å²) in [6, 6.07) is 3.79. The lowest BCUT2D eigenvalue weighted by Gasteiger charge is -2.33. The van der Waals surface area contributed by atoms with Gasteiger partial charge in [-0.3, -0.25) is 9.59 Å². The van der Waals surface area contributed by atoms with E-state index in [4.69, 9.17) is 4.74 Å². The van der Waals surface area contributed by atoms with Crippen molar-refractivity contribution in [2.45, 2.75) is 19.3 Å². The summed E-state index contributed by atoms with van der Waals surface area (Å²) in [7, 11) is 0. The molecule has 1 amide bonds. The predicted octanol–water partition coefficient (Wildman–Crippen LogP) is 1.29. The summed E-state index contributed by atoms with van der Waals surface area (Å²) >= 11 is 1.52. The molecule has 0 aliphatic carbocycles. The minimum absolute atomic E-state index is 0.130. The number of thiophene rings is 1. The lowest BCUT2D eigenvalue weighted by atomic mass is 9.80. The van der Waals surface area contributed by atoms with Gasteiger partial charge in [-0.2, -0.15) is 0 Å². The van der Waals surface area contributed by atoms with Crippen molar-refractivity contribution < 1.29 is 19.4 Å². The molecule has 104 valence electrons. The molecule has 0 atom stereocenters. The largest absolute Gasteiger partial charge is 0.481 e. The molecule has 2 heterocycles. The fraction of sp³-hybridized carbons (Fsp3) is 0.538. The predicted molar refractivity (Wildman–Crippen MR) is 71.2 cm³/mol. The molecule has 1 aromatic heterocycles. The Labute approximate surface area is 115 Å². The summed E-state index contributed by atoms with van der Waals surface area (Å²) < 4.78 is 5.19. The Morgan fingerprint density at radius 1 is 1.42 bits per heavy atom. The van der Waals surface area contributed by atoms with E-state index in [1.165, 1.54) is 11.3 Å². The van der Waals surface area contributed by atoms with Crippen molar-refractivity contribution in [1.29, 1.82) is 0 Å². The molecule has 1 aromatic rings. The van der Waals surface area contributed by atoms with E-state index < -0.39 is 11.4 Å². The zero-order valence-electron chi connectivity index (χ0n) is 10.6.